The molecule has 1 unspecified atom stereocenters. The average Bonchev–Trinajstić information content (AvgIpc) is 3.00. The van der Waals surface area contributed by atoms with Crippen LogP contribution in [0.1, 0.15) is 23.5 Å². The fraction of sp³-hybridized carbons (Fsp3) is 0.385. The summed E-state index contributed by atoms with van der Waals surface area (Å²) in [5.74, 6) is 0.565. The number of anilines is 1. The molecule has 3 rings (SSSR count). The van der Waals surface area contributed by atoms with Gasteiger partial charge in [-0.2, -0.15) is 5.10 Å². The normalized spacial score (nSPS) is 13.2. The SMILES string of the molecule is Cc1nn(C)c2c1nc(N)n2C(C)Cc1cccs1. The Morgan fingerprint density at radius 1 is 1.47 bits per heavy atom. The first kappa shape index (κ1) is 12.2. The van der Waals surface area contributed by atoms with Gasteiger partial charge in [-0.3, -0.25) is 9.25 Å². The lowest BCUT2D eigenvalue weighted by molar-refractivity contribution is 0.555. The minimum Gasteiger partial charge on any atom is -0.369 e. The predicted molar refractivity (Wildman–Crippen MR) is 78.4 cm³/mol. The summed E-state index contributed by atoms with van der Waals surface area (Å²) in [7, 11) is 1.94. The fourth-order valence-electron chi connectivity index (χ4n) is 2.56. The molecule has 1 atom stereocenters. The van der Waals surface area contributed by atoms with E-state index < -0.39 is 0 Å². The molecule has 3 heterocycles. The van der Waals surface area contributed by atoms with E-state index in [-0.39, 0.29) is 6.04 Å². The van der Waals surface area contributed by atoms with E-state index >= 15 is 0 Å². The van der Waals surface area contributed by atoms with Crippen LogP contribution in [0.25, 0.3) is 11.2 Å². The summed E-state index contributed by atoms with van der Waals surface area (Å²) in [5.41, 5.74) is 8.90. The second-order valence-electron chi connectivity index (χ2n) is 4.85. The third-order valence-electron chi connectivity index (χ3n) is 3.38. The van der Waals surface area contributed by atoms with Gasteiger partial charge in [0, 0.05) is 24.4 Å². The third kappa shape index (κ3) is 1.92. The smallest absolute Gasteiger partial charge is 0.202 e. The van der Waals surface area contributed by atoms with Crippen molar-refractivity contribution in [2.45, 2.75) is 26.3 Å². The summed E-state index contributed by atoms with van der Waals surface area (Å²) in [6.45, 7) is 4.13. The number of aromatic nitrogens is 4. The molecule has 0 spiro atoms. The number of imidazole rings is 1. The van der Waals surface area contributed by atoms with Crippen LogP contribution in [0.4, 0.5) is 5.95 Å². The van der Waals surface area contributed by atoms with Crippen LogP contribution < -0.4 is 5.73 Å². The van der Waals surface area contributed by atoms with Crippen LogP contribution >= 0.6 is 11.3 Å². The summed E-state index contributed by atoms with van der Waals surface area (Å²) >= 11 is 1.77. The van der Waals surface area contributed by atoms with Crippen molar-refractivity contribution in [2.24, 2.45) is 7.05 Å². The van der Waals surface area contributed by atoms with Crippen molar-refractivity contribution in [1.82, 2.24) is 19.3 Å². The topological polar surface area (TPSA) is 61.7 Å². The number of thiophene rings is 1. The van der Waals surface area contributed by atoms with E-state index in [4.69, 9.17) is 5.73 Å². The van der Waals surface area contributed by atoms with Crippen LogP contribution in [0.3, 0.4) is 0 Å². The van der Waals surface area contributed by atoms with Crippen LogP contribution in [-0.2, 0) is 13.5 Å². The first-order chi connectivity index (χ1) is 9.08. The zero-order valence-corrected chi connectivity index (χ0v) is 12.1. The number of nitrogens with zero attached hydrogens (tertiary/aromatic N) is 4. The standard InChI is InChI=1S/C13H17N5S/c1-8(7-10-5-4-6-19-10)18-12-11(15-13(18)14)9(2)16-17(12)3/h4-6,8H,7H2,1-3H3,(H2,14,15). The highest BCUT2D eigenvalue weighted by atomic mass is 32.1. The van der Waals surface area contributed by atoms with Gasteiger partial charge >= 0.3 is 0 Å². The van der Waals surface area contributed by atoms with Crippen molar-refractivity contribution in [1.29, 1.82) is 0 Å². The molecule has 0 aliphatic heterocycles. The average molecular weight is 275 g/mol. The summed E-state index contributed by atoms with van der Waals surface area (Å²) in [4.78, 5) is 5.80. The molecule has 3 aromatic rings. The molecule has 0 saturated heterocycles. The molecule has 3 aromatic heterocycles. The summed E-state index contributed by atoms with van der Waals surface area (Å²) in [6.07, 6.45) is 0.956. The van der Waals surface area contributed by atoms with Crippen molar-refractivity contribution in [3.05, 3.63) is 28.1 Å². The Balaban J connectivity index is 2.06. The van der Waals surface area contributed by atoms with Gasteiger partial charge in [0.2, 0.25) is 5.95 Å². The van der Waals surface area contributed by atoms with E-state index in [9.17, 15) is 0 Å². The van der Waals surface area contributed by atoms with Gasteiger partial charge in [0.15, 0.2) is 5.65 Å². The summed E-state index contributed by atoms with van der Waals surface area (Å²) in [6, 6.07) is 4.49. The zero-order chi connectivity index (χ0) is 13.6. The van der Waals surface area contributed by atoms with Gasteiger partial charge in [-0.05, 0) is 25.3 Å². The van der Waals surface area contributed by atoms with E-state index in [1.165, 1.54) is 4.88 Å². The molecule has 5 nitrogen and oxygen atoms in total. The van der Waals surface area contributed by atoms with Crippen molar-refractivity contribution in [3.63, 3.8) is 0 Å². The van der Waals surface area contributed by atoms with Gasteiger partial charge in [-0.25, -0.2) is 4.98 Å². The molecular formula is C13H17N5S. The largest absolute Gasteiger partial charge is 0.369 e. The first-order valence-corrected chi connectivity index (χ1v) is 7.15. The molecule has 0 amide bonds. The van der Waals surface area contributed by atoms with Crippen LogP contribution in [-0.4, -0.2) is 19.3 Å². The van der Waals surface area contributed by atoms with E-state index in [1.807, 2.05) is 18.7 Å². The van der Waals surface area contributed by atoms with Crippen LogP contribution in [0.15, 0.2) is 17.5 Å². The lowest BCUT2D eigenvalue weighted by atomic mass is 10.2. The second-order valence-corrected chi connectivity index (χ2v) is 5.89. The van der Waals surface area contributed by atoms with Gasteiger partial charge in [0.05, 0.1) is 5.69 Å². The second kappa shape index (κ2) is 4.38. The monoisotopic (exact) mass is 275 g/mol. The number of nitrogens with two attached hydrogens (primary N) is 1. The molecule has 2 N–H and O–H groups in total. The summed E-state index contributed by atoms with van der Waals surface area (Å²) in [5, 5.41) is 6.51. The Labute approximate surface area is 115 Å². The Bertz CT molecular complexity index is 707. The highest BCUT2D eigenvalue weighted by molar-refractivity contribution is 7.09. The van der Waals surface area contributed by atoms with Gasteiger partial charge in [-0.15, -0.1) is 11.3 Å². The molecule has 0 aliphatic rings. The van der Waals surface area contributed by atoms with Crippen molar-refractivity contribution >= 4 is 28.4 Å². The number of rotatable bonds is 3. The number of fused-ring (bicyclic) bond motifs is 1. The Morgan fingerprint density at radius 3 is 2.95 bits per heavy atom. The van der Waals surface area contributed by atoms with E-state index in [2.05, 4.69) is 39.1 Å². The van der Waals surface area contributed by atoms with Gasteiger partial charge in [-0.1, -0.05) is 6.07 Å². The maximum Gasteiger partial charge on any atom is 0.202 e. The van der Waals surface area contributed by atoms with Crippen molar-refractivity contribution in [3.8, 4) is 0 Å². The third-order valence-corrected chi connectivity index (χ3v) is 4.28. The molecule has 19 heavy (non-hydrogen) atoms. The quantitative estimate of drug-likeness (QED) is 0.799. The first-order valence-electron chi connectivity index (χ1n) is 6.27. The highest BCUT2D eigenvalue weighted by Gasteiger charge is 2.19. The predicted octanol–water partition coefficient (Wildman–Crippen LogP) is 2.53. The number of hydrogen-bond acceptors (Lipinski definition) is 4. The molecule has 0 aliphatic carbocycles. The molecule has 0 aromatic carbocycles. The molecular weight excluding hydrogens is 258 g/mol. The molecule has 0 fully saturated rings. The van der Waals surface area contributed by atoms with Gasteiger partial charge in [0.25, 0.3) is 0 Å². The summed E-state index contributed by atoms with van der Waals surface area (Å²) < 4.78 is 3.94. The molecule has 0 radical (unpaired) electrons. The number of hydrogen-bond donors (Lipinski definition) is 1. The Morgan fingerprint density at radius 2 is 2.26 bits per heavy atom. The molecule has 0 saturated carbocycles. The maximum atomic E-state index is 6.08. The molecule has 100 valence electrons. The van der Waals surface area contributed by atoms with Crippen molar-refractivity contribution in [2.75, 3.05) is 5.73 Å². The number of aryl methyl sites for hydroxylation is 2. The van der Waals surface area contributed by atoms with Gasteiger partial charge in [0.1, 0.15) is 5.52 Å². The minimum absolute atomic E-state index is 0.262. The molecule has 0 bridgehead atoms. The van der Waals surface area contributed by atoms with Crippen LogP contribution in [0.2, 0.25) is 0 Å². The zero-order valence-electron chi connectivity index (χ0n) is 11.3. The van der Waals surface area contributed by atoms with Crippen molar-refractivity contribution < 1.29 is 0 Å². The van der Waals surface area contributed by atoms with Crippen LogP contribution in [0.5, 0.6) is 0 Å². The van der Waals surface area contributed by atoms with Gasteiger partial charge < -0.3 is 5.73 Å². The van der Waals surface area contributed by atoms with E-state index in [0.717, 1.165) is 23.3 Å². The number of nitrogen functional groups attached to an aromatic ring is 1. The minimum atomic E-state index is 0.262. The lowest BCUT2D eigenvalue weighted by Gasteiger charge is -2.15. The molecule has 6 heteroatoms. The van der Waals surface area contributed by atoms with E-state index in [1.54, 1.807) is 11.3 Å². The fourth-order valence-corrected chi connectivity index (χ4v) is 3.38. The van der Waals surface area contributed by atoms with Crippen LogP contribution in [0, 0.1) is 6.92 Å². The Kier molecular flexibility index (Phi) is 2.82. The highest BCUT2D eigenvalue weighted by Crippen LogP contribution is 2.27. The maximum absolute atomic E-state index is 6.08. The van der Waals surface area contributed by atoms with E-state index in [0.29, 0.717) is 5.95 Å². The Hall–Kier alpha value is -1.82. The lowest BCUT2D eigenvalue weighted by Crippen LogP contribution is -2.13.